The number of nitrogens with one attached hydrogen (secondary N) is 1. The molecule has 2 aliphatic rings. The van der Waals surface area contributed by atoms with Crippen LogP contribution in [0.4, 0.5) is 13.2 Å². The van der Waals surface area contributed by atoms with Gasteiger partial charge in [0.2, 0.25) is 0 Å². The van der Waals surface area contributed by atoms with E-state index in [2.05, 4.69) is 10.2 Å². The molecule has 1 aliphatic heterocycles. The fraction of sp³-hybridized carbons (Fsp3) is 0.409. The lowest BCUT2D eigenvalue weighted by Gasteiger charge is -2.32. The highest BCUT2D eigenvalue weighted by molar-refractivity contribution is 5.94. The largest absolute Gasteiger partial charge is 0.457 e. The molecule has 2 aromatic carbocycles. The summed E-state index contributed by atoms with van der Waals surface area (Å²) in [6.45, 7) is 2.02. The van der Waals surface area contributed by atoms with Gasteiger partial charge >= 0.3 is 6.18 Å². The van der Waals surface area contributed by atoms with Crippen molar-refractivity contribution >= 4 is 5.91 Å². The molecule has 1 N–H and O–H groups in total. The Morgan fingerprint density at radius 3 is 2.28 bits per heavy atom. The SMILES string of the molecule is O=C(NC1CCN(C2CC2)CC1)c1cccc(Oc2cccc(C(F)(F)F)c2)c1. The van der Waals surface area contributed by atoms with Gasteiger partial charge in [0.05, 0.1) is 5.56 Å². The van der Waals surface area contributed by atoms with Gasteiger partial charge in [-0.15, -0.1) is 0 Å². The molecule has 7 heteroatoms. The zero-order chi connectivity index (χ0) is 20.4. The van der Waals surface area contributed by atoms with Crippen LogP contribution in [0.3, 0.4) is 0 Å². The van der Waals surface area contributed by atoms with Crippen LogP contribution in [-0.2, 0) is 6.18 Å². The van der Waals surface area contributed by atoms with Crippen LogP contribution in [0.1, 0.15) is 41.6 Å². The third-order valence-corrected chi connectivity index (χ3v) is 5.42. The Bertz CT molecular complexity index is 872. The van der Waals surface area contributed by atoms with Crippen molar-refractivity contribution in [1.82, 2.24) is 10.2 Å². The first kappa shape index (κ1) is 19.8. The molecule has 1 saturated heterocycles. The number of likely N-dealkylation sites (tertiary alicyclic amines) is 1. The maximum atomic E-state index is 12.9. The highest BCUT2D eigenvalue weighted by atomic mass is 19.4. The van der Waals surface area contributed by atoms with Crippen LogP contribution in [0.25, 0.3) is 0 Å². The van der Waals surface area contributed by atoms with Crippen LogP contribution in [0.2, 0.25) is 0 Å². The first-order valence-corrected chi connectivity index (χ1v) is 9.88. The van der Waals surface area contributed by atoms with Gasteiger partial charge in [0, 0.05) is 30.7 Å². The highest BCUT2D eigenvalue weighted by Gasteiger charge is 2.32. The summed E-state index contributed by atoms with van der Waals surface area (Å²) in [5, 5.41) is 3.07. The molecule has 0 radical (unpaired) electrons. The van der Waals surface area contributed by atoms with Crippen LogP contribution < -0.4 is 10.1 Å². The number of piperidine rings is 1. The van der Waals surface area contributed by atoms with E-state index < -0.39 is 11.7 Å². The molecule has 1 saturated carbocycles. The Labute approximate surface area is 167 Å². The molecule has 0 aromatic heterocycles. The fourth-order valence-corrected chi connectivity index (χ4v) is 3.69. The van der Waals surface area contributed by atoms with Crippen molar-refractivity contribution in [2.75, 3.05) is 13.1 Å². The summed E-state index contributed by atoms with van der Waals surface area (Å²) in [5.41, 5.74) is -0.347. The summed E-state index contributed by atoms with van der Waals surface area (Å²) in [6, 6.07) is 12.1. The predicted molar refractivity (Wildman–Crippen MR) is 103 cm³/mol. The van der Waals surface area contributed by atoms with Crippen LogP contribution in [0, 0.1) is 0 Å². The topological polar surface area (TPSA) is 41.6 Å². The number of rotatable bonds is 5. The number of amides is 1. The quantitative estimate of drug-likeness (QED) is 0.774. The lowest BCUT2D eigenvalue weighted by Crippen LogP contribution is -2.45. The standard InChI is InChI=1S/C22H23F3N2O2/c23-22(24,25)16-4-2-6-20(14-16)29-19-5-1-3-15(13-19)21(28)26-17-9-11-27(12-10-17)18-7-8-18/h1-6,13-14,17-18H,7-12H2,(H,26,28). The highest BCUT2D eigenvalue weighted by Crippen LogP contribution is 2.33. The van der Waals surface area contributed by atoms with Crippen LogP contribution >= 0.6 is 0 Å². The Kier molecular flexibility index (Phi) is 5.50. The third-order valence-electron chi connectivity index (χ3n) is 5.42. The minimum Gasteiger partial charge on any atom is -0.457 e. The van der Waals surface area contributed by atoms with Crippen molar-refractivity contribution in [3.05, 3.63) is 59.7 Å². The second-order valence-electron chi connectivity index (χ2n) is 7.67. The van der Waals surface area contributed by atoms with Crippen LogP contribution in [0.15, 0.2) is 48.5 Å². The molecule has 1 aliphatic carbocycles. The lowest BCUT2D eigenvalue weighted by molar-refractivity contribution is -0.137. The number of halogens is 3. The van der Waals surface area contributed by atoms with Gasteiger partial charge in [-0.05, 0) is 62.1 Å². The van der Waals surface area contributed by atoms with Crippen molar-refractivity contribution in [2.45, 2.75) is 43.9 Å². The summed E-state index contributed by atoms with van der Waals surface area (Å²) in [5.74, 6) is 0.203. The molecule has 1 heterocycles. The molecule has 4 rings (SSSR count). The minimum atomic E-state index is -4.43. The van der Waals surface area contributed by atoms with E-state index in [1.807, 2.05) is 0 Å². The zero-order valence-corrected chi connectivity index (χ0v) is 15.9. The van der Waals surface area contributed by atoms with E-state index >= 15 is 0 Å². The number of hydrogen-bond acceptors (Lipinski definition) is 3. The molecule has 4 nitrogen and oxygen atoms in total. The fourth-order valence-electron chi connectivity index (χ4n) is 3.69. The van der Waals surface area contributed by atoms with E-state index in [0.29, 0.717) is 11.3 Å². The summed E-state index contributed by atoms with van der Waals surface area (Å²) >= 11 is 0. The number of ether oxygens (including phenoxy) is 1. The van der Waals surface area contributed by atoms with Crippen molar-refractivity contribution in [1.29, 1.82) is 0 Å². The van der Waals surface area contributed by atoms with E-state index in [0.717, 1.165) is 44.1 Å². The van der Waals surface area contributed by atoms with Crippen molar-refractivity contribution in [3.63, 3.8) is 0 Å². The maximum absolute atomic E-state index is 12.9. The number of benzene rings is 2. The second-order valence-corrected chi connectivity index (χ2v) is 7.67. The van der Waals surface area contributed by atoms with Crippen molar-refractivity contribution in [2.24, 2.45) is 0 Å². The van der Waals surface area contributed by atoms with Crippen LogP contribution in [-0.4, -0.2) is 36.0 Å². The smallest absolute Gasteiger partial charge is 0.416 e. The van der Waals surface area contributed by atoms with Gasteiger partial charge in [0.1, 0.15) is 11.5 Å². The van der Waals surface area contributed by atoms with Gasteiger partial charge in [-0.2, -0.15) is 13.2 Å². The summed E-state index contributed by atoms with van der Waals surface area (Å²) in [4.78, 5) is 15.1. The van der Waals surface area contributed by atoms with E-state index in [1.54, 1.807) is 24.3 Å². The Morgan fingerprint density at radius 2 is 1.62 bits per heavy atom. The molecule has 29 heavy (non-hydrogen) atoms. The van der Waals surface area contributed by atoms with Crippen molar-refractivity contribution < 1.29 is 22.7 Å². The number of carbonyl (C=O) groups is 1. The second kappa shape index (κ2) is 8.06. The van der Waals surface area contributed by atoms with Gasteiger partial charge < -0.3 is 15.0 Å². The molecular weight excluding hydrogens is 381 g/mol. The summed E-state index contributed by atoms with van der Waals surface area (Å²) in [7, 11) is 0. The molecule has 1 amide bonds. The van der Waals surface area contributed by atoms with Crippen molar-refractivity contribution in [3.8, 4) is 11.5 Å². The Morgan fingerprint density at radius 1 is 0.966 bits per heavy atom. The molecule has 2 fully saturated rings. The van der Waals surface area contributed by atoms with Gasteiger partial charge in [-0.25, -0.2) is 0 Å². The van der Waals surface area contributed by atoms with Gasteiger partial charge in [-0.1, -0.05) is 12.1 Å². The van der Waals surface area contributed by atoms with E-state index in [4.69, 9.17) is 4.74 Å². The average Bonchev–Trinajstić information content (AvgIpc) is 3.54. The molecule has 0 spiro atoms. The maximum Gasteiger partial charge on any atom is 0.416 e. The van der Waals surface area contributed by atoms with Gasteiger partial charge in [-0.3, -0.25) is 4.79 Å². The Balaban J connectivity index is 1.37. The predicted octanol–water partition coefficient (Wildman–Crippen LogP) is 4.85. The van der Waals surface area contributed by atoms with Gasteiger partial charge in [0.15, 0.2) is 0 Å². The number of carbonyl (C=O) groups excluding carboxylic acids is 1. The monoisotopic (exact) mass is 404 g/mol. The Hall–Kier alpha value is -2.54. The first-order valence-electron chi connectivity index (χ1n) is 9.88. The number of nitrogens with zero attached hydrogens (tertiary/aromatic N) is 1. The minimum absolute atomic E-state index is 0.0739. The molecule has 154 valence electrons. The molecular formula is C22H23F3N2O2. The van der Waals surface area contributed by atoms with E-state index in [-0.39, 0.29) is 17.7 Å². The van der Waals surface area contributed by atoms with Crippen LogP contribution in [0.5, 0.6) is 11.5 Å². The number of alkyl halides is 3. The van der Waals surface area contributed by atoms with Gasteiger partial charge in [0.25, 0.3) is 5.91 Å². The summed E-state index contributed by atoms with van der Waals surface area (Å²) < 4.78 is 44.1. The molecule has 0 bridgehead atoms. The zero-order valence-electron chi connectivity index (χ0n) is 15.9. The first-order chi connectivity index (χ1) is 13.9. The van der Waals surface area contributed by atoms with E-state index in [1.165, 1.54) is 25.0 Å². The number of hydrogen-bond donors (Lipinski definition) is 1. The summed E-state index contributed by atoms with van der Waals surface area (Å²) in [6.07, 6.45) is 0.00685. The normalized spacial score (nSPS) is 18.4. The molecule has 0 atom stereocenters. The lowest BCUT2D eigenvalue weighted by atomic mass is 10.0. The average molecular weight is 404 g/mol. The molecule has 0 unspecified atom stereocenters. The van der Waals surface area contributed by atoms with E-state index in [9.17, 15) is 18.0 Å². The molecule has 2 aromatic rings. The third kappa shape index (κ3) is 5.09.